The van der Waals surface area contributed by atoms with Crippen LogP contribution in [0.3, 0.4) is 0 Å². The molecule has 0 aliphatic carbocycles. The summed E-state index contributed by atoms with van der Waals surface area (Å²) in [5.74, 6) is -0.494. The average Bonchev–Trinajstić information content (AvgIpc) is 3.32. The van der Waals surface area contributed by atoms with Crippen molar-refractivity contribution < 1.29 is 9.59 Å². The highest BCUT2D eigenvalue weighted by molar-refractivity contribution is 7.12. The molecule has 0 saturated carbocycles. The normalized spacial score (nSPS) is 10.6. The number of benzene rings is 2. The average molecular weight is 362 g/mol. The number of carbonyl (C=O) groups excluding carboxylic acids is 2. The molecular formula is C19H14N4O2S. The van der Waals surface area contributed by atoms with Crippen molar-refractivity contribution >= 4 is 45.4 Å². The van der Waals surface area contributed by atoms with Crippen molar-refractivity contribution in [3.8, 4) is 0 Å². The van der Waals surface area contributed by atoms with E-state index in [1.54, 1.807) is 30.3 Å². The van der Waals surface area contributed by atoms with Crippen molar-refractivity contribution in [2.75, 3.05) is 10.6 Å². The van der Waals surface area contributed by atoms with Crippen LogP contribution in [0.5, 0.6) is 0 Å². The van der Waals surface area contributed by atoms with Crippen LogP contribution in [0.25, 0.3) is 10.9 Å². The maximum Gasteiger partial charge on any atom is 0.276 e. The summed E-state index contributed by atoms with van der Waals surface area (Å²) in [5.41, 5.74) is 2.31. The van der Waals surface area contributed by atoms with E-state index in [-0.39, 0.29) is 11.8 Å². The van der Waals surface area contributed by atoms with Crippen molar-refractivity contribution in [2.45, 2.75) is 0 Å². The van der Waals surface area contributed by atoms with Crippen LogP contribution in [-0.4, -0.2) is 22.0 Å². The van der Waals surface area contributed by atoms with Gasteiger partial charge in [0.05, 0.1) is 10.4 Å². The first-order valence-corrected chi connectivity index (χ1v) is 8.78. The van der Waals surface area contributed by atoms with Crippen LogP contribution in [0.15, 0.2) is 66.0 Å². The molecule has 4 aromatic rings. The number of aromatic amines is 1. The Morgan fingerprint density at radius 3 is 2.42 bits per heavy atom. The Kier molecular flexibility index (Phi) is 4.20. The number of amides is 2. The summed E-state index contributed by atoms with van der Waals surface area (Å²) in [6, 6.07) is 18.0. The van der Waals surface area contributed by atoms with E-state index in [4.69, 9.17) is 0 Å². The minimum absolute atomic E-state index is 0.179. The molecule has 0 aliphatic rings. The molecule has 0 saturated heterocycles. The number of nitrogens with zero attached hydrogens (tertiary/aromatic N) is 1. The van der Waals surface area contributed by atoms with E-state index in [0.717, 1.165) is 10.9 Å². The van der Waals surface area contributed by atoms with E-state index in [0.29, 0.717) is 21.9 Å². The molecule has 2 aromatic heterocycles. The lowest BCUT2D eigenvalue weighted by atomic mass is 10.2. The summed E-state index contributed by atoms with van der Waals surface area (Å²) in [5, 5.41) is 15.2. The number of thiophene rings is 1. The largest absolute Gasteiger partial charge is 0.321 e. The molecule has 0 aliphatic heterocycles. The number of nitrogens with one attached hydrogen (secondary N) is 3. The van der Waals surface area contributed by atoms with E-state index in [1.807, 2.05) is 35.7 Å². The second-order valence-electron chi connectivity index (χ2n) is 5.58. The quantitative estimate of drug-likeness (QED) is 0.510. The molecule has 0 fully saturated rings. The van der Waals surface area contributed by atoms with Gasteiger partial charge >= 0.3 is 0 Å². The highest BCUT2D eigenvalue weighted by atomic mass is 32.1. The predicted octanol–water partition coefficient (Wildman–Crippen LogP) is 4.13. The maximum atomic E-state index is 12.5. The molecule has 2 aromatic carbocycles. The SMILES string of the molecule is O=C(Nc1cccc(NC(=O)c2n[nH]c3ccccc23)c1)c1cccs1. The second kappa shape index (κ2) is 6.81. The molecule has 0 unspecified atom stereocenters. The number of anilines is 2. The van der Waals surface area contributed by atoms with Crippen LogP contribution in [0, 0.1) is 0 Å². The van der Waals surface area contributed by atoms with Crippen molar-refractivity contribution in [1.82, 2.24) is 10.2 Å². The number of aromatic nitrogens is 2. The lowest BCUT2D eigenvalue weighted by molar-refractivity contribution is 0.101. The first kappa shape index (κ1) is 16.0. The van der Waals surface area contributed by atoms with Gasteiger partial charge < -0.3 is 10.6 Å². The number of hydrogen-bond acceptors (Lipinski definition) is 4. The lowest BCUT2D eigenvalue weighted by Crippen LogP contribution is -2.14. The Morgan fingerprint density at radius 2 is 1.65 bits per heavy atom. The smallest absolute Gasteiger partial charge is 0.276 e. The van der Waals surface area contributed by atoms with Crippen molar-refractivity contribution in [1.29, 1.82) is 0 Å². The second-order valence-corrected chi connectivity index (χ2v) is 6.53. The fourth-order valence-electron chi connectivity index (χ4n) is 2.60. The van der Waals surface area contributed by atoms with Gasteiger partial charge in [0.2, 0.25) is 0 Å². The number of H-pyrrole nitrogens is 1. The third-order valence-corrected chi connectivity index (χ3v) is 4.68. The summed E-state index contributed by atoms with van der Waals surface area (Å²) in [6.07, 6.45) is 0. The zero-order valence-electron chi connectivity index (χ0n) is 13.5. The Hall–Kier alpha value is -3.45. The zero-order chi connectivity index (χ0) is 17.9. The van der Waals surface area contributed by atoms with E-state index in [1.165, 1.54) is 11.3 Å². The van der Waals surface area contributed by atoms with Gasteiger partial charge in [0.1, 0.15) is 0 Å². The molecule has 3 N–H and O–H groups in total. The molecule has 128 valence electrons. The van der Waals surface area contributed by atoms with Gasteiger partial charge in [-0.2, -0.15) is 5.10 Å². The highest BCUT2D eigenvalue weighted by Crippen LogP contribution is 2.20. The molecule has 0 spiro atoms. The van der Waals surface area contributed by atoms with Crippen LogP contribution in [0.4, 0.5) is 11.4 Å². The van der Waals surface area contributed by atoms with Crippen LogP contribution < -0.4 is 10.6 Å². The molecule has 4 rings (SSSR count). The number of para-hydroxylation sites is 1. The molecule has 0 atom stereocenters. The highest BCUT2D eigenvalue weighted by Gasteiger charge is 2.14. The number of carbonyl (C=O) groups is 2. The Labute approximate surface area is 152 Å². The van der Waals surface area contributed by atoms with Gasteiger partial charge in [0, 0.05) is 16.8 Å². The van der Waals surface area contributed by atoms with Crippen LogP contribution >= 0.6 is 11.3 Å². The third kappa shape index (κ3) is 3.20. The summed E-state index contributed by atoms with van der Waals surface area (Å²) < 4.78 is 0. The van der Waals surface area contributed by atoms with Crippen LogP contribution in [0.2, 0.25) is 0 Å². The predicted molar refractivity (Wildman–Crippen MR) is 103 cm³/mol. The standard InChI is InChI=1S/C19H14N4O2S/c24-18(16-9-4-10-26-16)20-12-5-3-6-13(11-12)21-19(25)17-14-7-1-2-8-15(14)22-23-17/h1-11H,(H,20,24)(H,21,25)(H,22,23). The van der Waals surface area contributed by atoms with Crippen molar-refractivity contribution in [2.24, 2.45) is 0 Å². The van der Waals surface area contributed by atoms with Gasteiger partial charge in [-0.3, -0.25) is 14.7 Å². The third-order valence-electron chi connectivity index (χ3n) is 3.81. The zero-order valence-corrected chi connectivity index (χ0v) is 14.3. The Morgan fingerprint density at radius 1 is 0.885 bits per heavy atom. The molecule has 2 heterocycles. The van der Waals surface area contributed by atoms with Crippen LogP contribution in [-0.2, 0) is 0 Å². The van der Waals surface area contributed by atoms with E-state index in [9.17, 15) is 9.59 Å². The summed E-state index contributed by atoms with van der Waals surface area (Å²) in [7, 11) is 0. The lowest BCUT2D eigenvalue weighted by Gasteiger charge is -2.07. The maximum absolute atomic E-state index is 12.5. The van der Waals surface area contributed by atoms with Gasteiger partial charge in [-0.05, 0) is 35.7 Å². The molecule has 0 radical (unpaired) electrons. The van der Waals surface area contributed by atoms with Gasteiger partial charge in [0.25, 0.3) is 11.8 Å². The van der Waals surface area contributed by atoms with Crippen LogP contribution in [0.1, 0.15) is 20.2 Å². The van der Waals surface area contributed by atoms with Gasteiger partial charge in [-0.25, -0.2) is 0 Å². The van der Waals surface area contributed by atoms with Gasteiger partial charge in [-0.1, -0.05) is 30.3 Å². The molecule has 7 heteroatoms. The fourth-order valence-corrected chi connectivity index (χ4v) is 3.22. The Bertz CT molecular complexity index is 1090. The summed E-state index contributed by atoms with van der Waals surface area (Å²) in [4.78, 5) is 25.3. The van der Waals surface area contributed by atoms with Crippen molar-refractivity contribution in [3.63, 3.8) is 0 Å². The molecular weight excluding hydrogens is 348 g/mol. The number of rotatable bonds is 4. The van der Waals surface area contributed by atoms with Gasteiger partial charge in [-0.15, -0.1) is 11.3 Å². The molecule has 0 bridgehead atoms. The monoisotopic (exact) mass is 362 g/mol. The van der Waals surface area contributed by atoms with Gasteiger partial charge in [0.15, 0.2) is 5.69 Å². The first-order chi connectivity index (χ1) is 12.7. The molecule has 26 heavy (non-hydrogen) atoms. The Balaban J connectivity index is 1.51. The molecule has 2 amide bonds. The summed E-state index contributed by atoms with van der Waals surface area (Å²) >= 11 is 1.37. The number of hydrogen-bond donors (Lipinski definition) is 3. The topological polar surface area (TPSA) is 86.9 Å². The fraction of sp³-hybridized carbons (Fsp3) is 0. The van der Waals surface area contributed by atoms with E-state index >= 15 is 0 Å². The molecule has 6 nitrogen and oxygen atoms in total. The van der Waals surface area contributed by atoms with E-state index < -0.39 is 0 Å². The van der Waals surface area contributed by atoms with E-state index in [2.05, 4.69) is 20.8 Å². The first-order valence-electron chi connectivity index (χ1n) is 7.90. The summed E-state index contributed by atoms with van der Waals surface area (Å²) in [6.45, 7) is 0. The minimum atomic E-state index is -0.316. The minimum Gasteiger partial charge on any atom is -0.321 e. The van der Waals surface area contributed by atoms with Crippen molar-refractivity contribution in [3.05, 3.63) is 76.6 Å². The number of fused-ring (bicyclic) bond motifs is 1.